The van der Waals surface area contributed by atoms with Crippen LogP contribution in [0.5, 0.6) is 0 Å². The van der Waals surface area contributed by atoms with Crippen LogP contribution >= 0.6 is 0 Å². The third-order valence-corrected chi connectivity index (χ3v) is 18.0. The topological polar surface area (TPSA) is 36.1 Å². The first kappa shape index (κ1) is 17.7. The second kappa shape index (κ2) is 5.39. The standard InChI is InChI=1S/C10H33N3Si4/c1-14(2,3)11-16(7,8)13-17(9,10)12-15(4,5)6/h11-13H,1-10H3. The van der Waals surface area contributed by atoms with Crippen molar-refractivity contribution in [2.24, 2.45) is 0 Å². The van der Waals surface area contributed by atoms with Crippen molar-refractivity contribution in [3.63, 3.8) is 0 Å². The highest BCUT2D eigenvalue weighted by atomic mass is 28.5. The van der Waals surface area contributed by atoms with Gasteiger partial charge in [-0.1, -0.05) is 39.3 Å². The van der Waals surface area contributed by atoms with E-state index in [0.717, 1.165) is 0 Å². The molecule has 0 aromatic heterocycles. The molecule has 104 valence electrons. The Hall–Kier alpha value is 0.748. The van der Waals surface area contributed by atoms with Gasteiger partial charge in [0, 0.05) is 0 Å². The molecule has 0 fully saturated rings. The molecule has 0 aromatic rings. The van der Waals surface area contributed by atoms with Crippen molar-refractivity contribution in [3.8, 4) is 0 Å². The van der Waals surface area contributed by atoms with E-state index in [0.29, 0.717) is 0 Å². The summed E-state index contributed by atoms with van der Waals surface area (Å²) in [7, 11) is -5.37. The summed E-state index contributed by atoms with van der Waals surface area (Å²) in [5, 5.41) is 0. The lowest BCUT2D eigenvalue weighted by Crippen LogP contribution is -2.77. The minimum Gasteiger partial charge on any atom is -0.348 e. The molecule has 0 atom stereocenters. The first-order valence-electron chi connectivity index (χ1n) is 6.50. The molecule has 0 unspecified atom stereocenters. The molecular weight excluding hydrogens is 274 g/mol. The number of hydrogen-bond donors (Lipinski definition) is 3. The highest BCUT2D eigenvalue weighted by Gasteiger charge is 2.36. The molecule has 0 aromatic carbocycles. The first-order valence-corrected chi connectivity index (χ1v) is 19.5. The average molecular weight is 308 g/mol. The van der Waals surface area contributed by atoms with E-state index in [9.17, 15) is 0 Å². The van der Waals surface area contributed by atoms with Gasteiger partial charge in [0.2, 0.25) is 0 Å². The van der Waals surface area contributed by atoms with Crippen LogP contribution in [-0.2, 0) is 0 Å². The van der Waals surface area contributed by atoms with Crippen LogP contribution in [0, 0.1) is 0 Å². The molecule has 0 aliphatic rings. The molecule has 7 heteroatoms. The zero-order valence-electron chi connectivity index (χ0n) is 13.5. The van der Waals surface area contributed by atoms with Crippen molar-refractivity contribution in [3.05, 3.63) is 0 Å². The van der Waals surface area contributed by atoms with E-state index >= 15 is 0 Å². The largest absolute Gasteiger partial charge is 0.348 e. The fraction of sp³-hybridized carbons (Fsp3) is 1.00. The Morgan fingerprint density at radius 1 is 0.412 bits per heavy atom. The lowest BCUT2D eigenvalue weighted by molar-refractivity contribution is 1.12. The Kier molecular flexibility index (Phi) is 5.63. The monoisotopic (exact) mass is 307 g/mol. The molecule has 0 radical (unpaired) electrons. The second-order valence-electron chi connectivity index (χ2n) is 8.12. The molecular formula is C10H33N3Si4. The van der Waals surface area contributed by atoms with Crippen molar-refractivity contribution in [1.29, 1.82) is 0 Å². The van der Waals surface area contributed by atoms with Crippen LogP contribution in [0.4, 0.5) is 0 Å². The van der Waals surface area contributed by atoms with Gasteiger partial charge in [0.15, 0.2) is 16.8 Å². The minimum atomic E-state index is -1.49. The maximum Gasteiger partial charge on any atom is 0.182 e. The quantitative estimate of drug-likeness (QED) is 0.660. The molecule has 3 N–H and O–H groups in total. The molecule has 0 saturated carbocycles. The fourth-order valence-electron chi connectivity index (χ4n) is 2.72. The summed E-state index contributed by atoms with van der Waals surface area (Å²) in [6.07, 6.45) is 0. The van der Waals surface area contributed by atoms with Gasteiger partial charge in [0.05, 0.1) is 0 Å². The van der Waals surface area contributed by atoms with Gasteiger partial charge in [0.1, 0.15) is 16.5 Å². The molecule has 17 heavy (non-hydrogen) atoms. The van der Waals surface area contributed by atoms with Gasteiger partial charge in [-0.25, -0.2) is 0 Å². The SMILES string of the molecule is C[Si](C)(C)N[Si](C)(C)N[Si](C)(C)N[Si](C)(C)C. The lowest BCUT2D eigenvalue weighted by Gasteiger charge is -2.41. The molecule has 0 saturated heterocycles. The molecule has 0 amide bonds. The normalized spacial score (nSPS) is 15.2. The van der Waals surface area contributed by atoms with Crippen LogP contribution in [0.15, 0.2) is 0 Å². The van der Waals surface area contributed by atoms with E-state index in [4.69, 9.17) is 0 Å². The maximum atomic E-state index is 3.97. The maximum absolute atomic E-state index is 3.97. The molecule has 0 rings (SSSR count). The van der Waals surface area contributed by atoms with Gasteiger partial charge in [-0.3, -0.25) is 0 Å². The molecule has 3 nitrogen and oxygen atoms in total. The third-order valence-electron chi connectivity index (χ3n) is 2.00. The number of nitrogens with one attached hydrogen (secondary N) is 3. The lowest BCUT2D eigenvalue weighted by atomic mass is 11.8. The Balaban J connectivity index is 4.59. The first-order chi connectivity index (χ1) is 7.12. The van der Waals surface area contributed by atoms with Crippen LogP contribution in [0.1, 0.15) is 0 Å². The van der Waals surface area contributed by atoms with E-state index in [1.165, 1.54) is 0 Å². The second-order valence-corrected chi connectivity index (χ2v) is 26.6. The fourth-order valence-corrected chi connectivity index (χ4v) is 25.6. The van der Waals surface area contributed by atoms with E-state index in [-0.39, 0.29) is 0 Å². The summed E-state index contributed by atoms with van der Waals surface area (Å²) in [4.78, 5) is 0. The summed E-state index contributed by atoms with van der Waals surface area (Å²) >= 11 is 0. The Labute approximate surface area is 113 Å². The predicted octanol–water partition coefficient (Wildman–Crippen LogP) is 2.83. The molecule has 0 bridgehead atoms. The smallest absolute Gasteiger partial charge is 0.182 e. The van der Waals surface area contributed by atoms with E-state index in [1.54, 1.807) is 0 Å². The Morgan fingerprint density at radius 2 is 0.647 bits per heavy atom. The van der Waals surface area contributed by atoms with E-state index in [1.807, 2.05) is 0 Å². The predicted molar refractivity (Wildman–Crippen MR) is 91.1 cm³/mol. The van der Waals surface area contributed by atoms with Crippen molar-refractivity contribution < 1.29 is 0 Å². The molecule has 0 aliphatic heterocycles. The zero-order chi connectivity index (χ0) is 14.1. The van der Waals surface area contributed by atoms with Gasteiger partial charge in [0.25, 0.3) is 0 Å². The van der Waals surface area contributed by atoms with Crippen molar-refractivity contribution >= 4 is 33.3 Å². The summed E-state index contributed by atoms with van der Waals surface area (Å²) in [5.41, 5.74) is 0. The number of hydrogen-bond acceptors (Lipinski definition) is 3. The highest BCUT2D eigenvalue weighted by molar-refractivity contribution is 6.99. The summed E-state index contributed by atoms with van der Waals surface area (Å²) in [5.74, 6) is 0. The molecule has 0 heterocycles. The van der Waals surface area contributed by atoms with Crippen LogP contribution in [0.3, 0.4) is 0 Å². The highest BCUT2D eigenvalue weighted by Crippen LogP contribution is 2.08. The van der Waals surface area contributed by atoms with Crippen LogP contribution < -0.4 is 13.9 Å². The number of rotatable bonds is 6. The molecule has 0 aliphatic carbocycles. The average Bonchev–Trinajstić information content (AvgIpc) is 1.65. The summed E-state index contributed by atoms with van der Waals surface area (Å²) in [6.45, 7) is 23.9. The van der Waals surface area contributed by atoms with Crippen molar-refractivity contribution in [2.45, 2.75) is 65.5 Å². The summed E-state index contributed by atoms with van der Waals surface area (Å²) < 4.78 is 11.8. The van der Waals surface area contributed by atoms with Crippen molar-refractivity contribution in [1.82, 2.24) is 13.9 Å². The minimum absolute atomic E-state index is 1.20. The van der Waals surface area contributed by atoms with Crippen LogP contribution in [0.2, 0.25) is 65.5 Å². The Morgan fingerprint density at radius 3 is 0.824 bits per heavy atom. The Bertz CT molecular complexity index is 227. The van der Waals surface area contributed by atoms with Gasteiger partial charge < -0.3 is 13.9 Å². The van der Waals surface area contributed by atoms with Crippen molar-refractivity contribution in [2.75, 3.05) is 0 Å². The summed E-state index contributed by atoms with van der Waals surface area (Å²) in [6, 6.07) is 0. The van der Waals surface area contributed by atoms with Crippen LogP contribution in [0.25, 0.3) is 0 Å². The van der Waals surface area contributed by atoms with E-state index < -0.39 is 33.3 Å². The third kappa shape index (κ3) is 10.4. The van der Waals surface area contributed by atoms with Gasteiger partial charge in [-0.05, 0) is 26.2 Å². The zero-order valence-corrected chi connectivity index (χ0v) is 17.5. The van der Waals surface area contributed by atoms with E-state index in [2.05, 4.69) is 79.4 Å². The van der Waals surface area contributed by atoms with Gasteiger partial charge >= 0.3 is 0 Å². The molecule has 0 spiro atoms. The van der Waals surface area contributed by atoms with Gasteiger partial charge in [-0.2, -0.15) is 0 Å². The van der Waals surface area contributed by atoms with Crippen LogP contribution in [-0.4, -0.2) is 33.3 Å². The van der Waals surface area contributed by atoms with Gasteiger partial charge in [-0.15, -0.1) is 0 Å².